The first-order chi connectivity index (χ1) is 13.6. The van der Waals surface area contributed by atoms with Crippen LogP contribution in [0.15, 0.2) is 12.3 Å². The predicted molar refractivity (Wildman–Crippen MR) is 99.3 cm³/mol. The molecule has 3 rings (SSSR count). The highest BCUT2D eigenvalue weighted by Crippen LogP contribution is 2.27. The van der Waals surface area contributed by atoms with Crippen molar-refractivity contribution in [3.05, 3.63) is 35.0 Å². The summed E-state index contributed by atoms with van der Waals surface area (Å²) < 4.78 is 41.4. The summed E-state index contributed by atoms with van der Waals surface area (Å²) in [5.41, 5.74) is 1.67. The largest absolute Gasteiger partial charge is 0.453 e. The Bertz CT molecular complexity index is 1040. The summed E-state index contributed by atoms with van der Waals surface area (Å²) in [4.78, 5) is 20.0. The highest BCUT2D eigenvalue weighted by atomic mass is 19.4. The second kappa shape index (κ2) is 7.80. The molecule has 0 aliphatic heterocycles. The fourth-order valence-electron chi connectivity index (χ4n) is 3.06. The van der Waals surface area contributed by atoms with E-state index in [-0.39, 0.29) is 18.1 Å². The van der Waals surface area contributed by atoms with Gasteiger partial charge < -0.3 is 5.32 Å². The van der Waals surface area contributed by atoms with Crippen molar-refractivity contribution in [2.45, 2.75) is 53.3 Å². The number of carbonyl (C=O) groups is 1. The van der Waals surface area contributed by atoms with Crippen molar-refractivity contribution in [3.8, 4) is 0 Å². The van der Waals surface area contributed by atoms with E-state index in [0.29, 0.717) is 41.7 Å². The van der Waals surface area contributed by atoms with Crippen LogP contribution in [-0.4, -0.2) is 35.3 Å². The first-order valence-corrected chi connectivity index (χ1v) is 9.18. The third kappa shape index (κ3) is 4.54. The van der Waals surface area contributed by atoms with Gasteiger partial charge in [0.1, 0.15) is 5.82 Å². The zero-order valence-corrected chi connectivity index (χ0v) is 16.6. The van der Waals surface area contributed by atoms with E-state index >= 15 is 0 Å². The monoisotopic (exact) mass is 409 g/mol. The lowest BCUT2D eigenvalue weighted by Crippen LogP contribution is -2.18. The number of halogens is 3. The van der Waals surface area contributed by atoms with E-state index in [4.69, 9.17) is 0 Å². The maximum absolute atomic E-state index is 12.9. The van der Waals surface area contributed by atoms with Gasteiger partial charge in [-0.2, -0.15) is 23.3 Å². The van der Waals surface area contributed by atoms with Crippen molar-refractivity contribution in [2.24, 2.45) is 5.92 Å². The van der Waals surface area contributed by atoms with Crippen molar-refractivity contribution >= 4 is 17.5 Å². The third-order valence-electron chi connectivity index (χ3n) is 4.43. The van der Waals surface area contributed by atoms with Crippen molar-refractivity contribution in [2.75, 3.05) is 5.32 Å². The van der Waals surface area contributed by atoms with Gasteiger partial charge in [-0.1, -0.05) is 13.8 Å². The number of nitrogens with zero attached hydrogens (tertiary/aromatic N) is 6. The number of hydrogen-bond acceptors (Lipinski definition) is 5. The molecule has 0 saturated heterocycles. The summed E-state index contributed by atoms with van der Waals surface area (Å²) in [6.07, 6.45) is -2.57. The van der Waals surface area contributed by atoms with Crippen LogP contribution in [0.1, 0.15) is 43.0 Å². The molecular formula is C18H22F3N7O. The summed E-state index contributed by atoms with van der Waals surface area (Å²) in [5, 5.41) is 10.5. The van der Waals surface area contributed by atoms with Crippen LogP contribution in [0.3, 0.4) is 0 Å². The van der Waals surface area contributed by atoms with E-state index in [1.165, 1.54) is 0 Å². The molecule has 29 heavy (non-hydrogen) atoms. The van der Waals surface area contributed by atoms with Gasteiger partial charge in [0.25, 0.3) is 11.6 Å². The number of hydrogen-bond donors (Lipinski definition) is 1. The Morgan fingerprint density at radius 1 is 1.24 bits per heavy atom. The molecule has 1 N–H and O–H groups in total. The number of aromatic nitrogens is 6. The predicted octanol–water partition coefficient (Wildman–Crippen LogP) is 3.18. The molecule has 3 heterocycles. The average molecular weight is 409 g/mol. The van der Waals surface area contributed by atoms with Crippen LogP contribution in [0.2, 0.25) is 0 Å². The molecule has 0 aliphatic carbocycles. The molecule has 8 nitrogen and oxygen atoms in total. The molecule has 0 spiro atoms. The lowest BCUT2D eigenvalue weighted by Gasteiger charge is -2.12. The zero-order chi connectivity index (χ0) is 21.3. The van der Waals surface area contributed by atoms with Crippen LogP contribution < -0.4 is 5.32 Å². The van der Waals surface area contributed by atoms with Crippen molar-refractivity contribution in [1.29, 1.82) is 0 Å². The van der Waals surface area contributed by atoms with Crippen LogP contribution in [0.25, 0.3) is 5.78 Å². The maximum Gasteiger partial charge on any atom is 0.453 e. The standard InChI is InChI=1S/C18H22F3N7O/c1-10(2)9-27-14(7-8-22-27)24-15(29)6-5-13-11(3)23-17-25-16(18(19,20)21)26-28(17)12(13)4/h7-8,10H,5-6,9H2,1-4H3,(H,24,29). The Hall–Kier alpha value is -2.98. The molecule has 0 unspecified atom stereocenters. The highest BCUT2D eigenvalue weighted by Gasteiger charge is 2.37. The van der Waals surface area contributed by atoms with Gasteiger partial charge in [-0.25, -0.2) is 14.2 Å². The van der Waals surface area contributed by atoms with E-state index in [1.807, 2.05) is 0 Å². The van der Waals surface area contributed by atoms with Gasteiger partial charge in [0.2, 0.25) is 5.91 Å². The molecule has 156 valence electrons. The minimum absolute atomic E-state index is 0.113. The van der Waals surface area contributed by atoms with Crippen molar-refractivity contribution in [3.63, 3.8) is 0 Å². The lowest BCUT2D eigenvalue weighted by molar-refractivity contribution is -0.144. The first kappa shape index (κ1) is 20.7. The fourth-order valence-corrected chi connectivity index (χ4v) is 3.06. The number of anilines is 1. The molecule has 0 saturated carbocycles. The highest BCUT2D eigenvalue weighted by molar-refractivity contribution is 5.90. The summed E-state index contributed by atoms with van der Waals surface area (Å²) in [7, 11) is 0. The maximum atomic E-state index is 12.9. The molecular weight excluding hydrogens is 387 g/mol. The molecule has 0 aromatic carbocycles. The van der Waals surface area contributed by atoms with Crippen LogP contribution in [0.5, 0.6) is 0 Å². The van der Waals surface area contributed by atoms with Crippen LogP contribution in [0, 0.1) is 19.8 Å². The Morgan fingerprint density at radius 3 is 2.62 bits per heavy atom. The normalized spacial score (nSPS) is 12.1. The van der Waals surface area contributed by atoms with E-state index in [9.17, 15) is 18.0 Å². The summed E-state index contributed by atoms with van der Waals surface area (Å²) >= 11 is 0. The number of amides is 1. The zero-order valence-electron chi connectivity index (χ0n) is 16.6. The van der Waals surface area contributed by atoms with E-state index in [0.717, 1.165) is 4.52 Å². The van der Waals surface area contributed by atoms with Gasteiger partial charge in [-0.3, -0.25) is 4.79 Å². The molecule has 1 amide bonds. The van der Waals surface area contributed by atoms with Gasteiger partial charge in [0, 0.05) is 30.4 Å². The number of aryl methyl sites for hydroxylation is 2. The van der Waals surface area contributed by atoms with Gasteiger partial charge >= 0.3 is 6.18 Å². The molecule has 0 aliphatic rings. The number of alkyl halides is 3. The fraction of sp³-hybridized carbons (Fsp3) is 0.500. The van der Waals surface area contributed by atoms with Crippen molar-refractivity contribution in [1.82, 2.24) is 29.4 Å². The van der Waals surface area contributed by atoms with Gasteiger partial charge in [-0.15, -0.1) is 5.10 Å². The Labute approximate surface area is 165 Å². The lowest BCUT2D eigenvalue weighted by atomic mass is 10.1. The van der Waals surface area contributed by atoms with Gasteiger partial charge in [-0.05, 0) is 31.7 Å². The minimum Gasteiger partial charge on any atom is -0.311 e. The van der Waals surface area contributed by atoms with Gasteiger partial charge in [0.05, 0.1) is 6.20 Å². The second-order valence-electron chi connectivity index (χ2n) is 7.25. The quantitative estimate of drug-likeness (QED) is 0.675. The number of rotatable bonds is 6. The van der Waals surface area contributed by atoms with Crippen molar-refractivity contribution < 1.29 is 18.0 Å². The number of fused-ring (bicyclic) bond motifs is 1. The first-order valence-electron chi connectivity index (χ1n) is 9.18. The smallest absolute Gasteiger partial charge is 0.311 e. The third-order valence-corrected chi connectivity index (χ3v) is 4.43. The molecule has 0 bridgehead atoms. The van der Waals surface area contributed by atoms with Crippen LogP contribution in [0.4, 0.5) is 19.0 Å². The Morgan fingerprint density at radius 2 is 1.97 bits per heavy atom. The average Bonchev–Trinajstić information content (AvgIpc) is 3.21. The summed E-state index contributed by atoms with van der Waals surface area (Å²) in [5.74, 6) is -0.586. The Balaban J connectivity index is 1.75. The van der Waals surface area contributed by atoms with E-state index in [2.05, 4.69) is 39.3 Å². The van der Waals surface area contributed by atoms with Crippen LogP contribution in [-0.2, 0) is 23.9 Å². The van der Waals surface area contributed by atoms with E-state index in [1.54, 1.807) is 30.8 Å². The number of carbonyl (C=O) groups excluding carboxylic acids is 1. The SMILES string of the molecule is Cc1nc2nc(C(F)(F)F)nn2c(C)c1CCC(=O)Nc1ccnn1CC(C)C. The molecule has 3 aromatic rings. The molecule has 11 heteroatoms. The van der Waals surface area contributed by atoms with Crippen LogP contribution >= 0.6 is 0 Å². The van der Waals surface area contributed by atoms with E-state index < -0.39 is 12.0 Å². The van der Waals surface area contributed by atoms with Gasteiger partial charge in [0.15, 0.2) is 0 Å². The molecule has 0 atom stereocenters. The number of nitrogens with one attached hydrogen (secondary N) is 1. The summed E-state index contributed by atoms with van der Waals surface area (Å²) in [6.45, 7) is 8.10. The summed E-state index contributed by atoms with van der Waals surface area (Å²) in [6, 6.07) is 1.72. The topological polar surface area (TPSA) is 90.0 Å². The molecule has 3 aromatic heterocycles. The minimum atomic E-state index is -4.65. The second-order valence-corrected chi connectivity index (χ2v) is 7.25. The molecule has 0 fully saturated rings. The molecule has 0 radical (unpaired) electrons. The Kier molecular flexibility index (Phi) is 5.58.